The van der Waals surface area contributed by atoms with E-state index in [0.29, 0.717) is 12.6 Å². The molecule has 1 saturated heterocycles. The summed E-state index contributed by atoms with van der Waals surface area (Å²) in [6, 6.07) is 2.43. The van der Waals surface area contributed by atoms with Crippen LogP contribution >= 0.6 is 11.3 Å². The van der Waals surface area contributed by atoms with Crippen LogP contribution in [0.5, 0.6) is 0 Å². The van der Waals surface area contributed by atoms with Gasteiger partial charge in [-0.15, -0.1) is 11.3 Å². The van der Waals surface area contributed by atoms with Crippen molar-refractivity contribution in [2.75, 3.05) is 37.0 Å². The highest BCUT2D eigenvalue weighted by molar-refractivity contribution is 7.90. The van der Waals surface area contributed by atoms with Gasteiger partial charge in [0.05, 0.1) is 11.1 Å². The fourth-order valence-corrected chi connectivity index (χ4v) is 4.02. The van der Waals surface area contributed by atoms with Crippen LogP contribution in [0.1, 0.15) is 12.8 Å². The predicted octanol–water partition coefficient (Wildman–Crippen LogP) is 1.61. The molecule has 1 N–H and O–H groups in total. The van der Waals surface area contributed by atoms with Gasteiger partial charge in [-0.3, -0.25) is 0 Å². The van der Waals surface area contributed by atoms with Crippen molar-refractivity contribution in [3.63, 3.8) is 0 Å². The molecule has 6 nitrogen and oxygen atoms in total. The van der Waals surface area contributed by atoms with E-state index in [0.717, 1.165) is 42.0 Å². The standard InChI is InChI=1S/C14H20N4O2S2/c1-22(19,20)9-7-18-5-2-11(3-6-18)17-13-12-4-8-21-14(12)16-10-15-13/h4,8,10-11H,2-3,5-7,9H2,1H3,(H,15,16,17). The lowest BCUT2D eigenvalue weighted by molar-refractivity contribution is 0.230. The van der Waals surface area contributed by atoms with Gasteiger partial charge in [-0.1, -0.05) is 0 Å². The summed E-state index contributed by atoms with van der Waals surface area (Å²) in [5, 5.41) is 6.62. The van der Waals surface area contributed by atoms with E-state index in [1.807, 2.05) is 11.4 Å². The largest absolute Gasteiger partial charge is 0.367 e. The number of thiophene rings is 1. The normalized spacial score (nSPS) is 17.9. The summed E-state index contributed by atoms with van der Waals surface area (Å²) in [6.07, 6.45) is 4.89. The van der Waals surface area contributed by atoms with Gasteiger partial charge in [0.25, 0.3) is 0 Å². The molecule has 1 aliphatic rings. The second-order valence-electron chi connectivity index (χ2n) is 5.75. The van der Waals surface area contributed by atoms with E-state index in [4.69, 9.17) is 0 Å². The van der Waals surface area contributed by atoms with Gasteiger partial charge >= 0.3 is 0 Å². The third-order valence-corrected chi connectivity index (χ3v) is 5.71. The van der Waals surface area contributed by atoms with Crippen LogP contribution in [0.4, 0.5) is 5.82 Å². The Kier molecular flexibility index (Phi) is 4.60. The van der Waals surface area contributed by atoms with E-state index >= 15 is 0 Å². The first kappa shape index (κ1) is 15.6. The van der Waals surface area contributed by atoms with Gasteiger partial charge < -0.3 is 10.2 Å². The Bertz CT molecular complexity index is 736. The number of sulfone groups is 1. The summed E-state index contributed by atoms with van der Waals surface area (Å²) in [7, 11) is -2.88. The van der Waals surface area contributed by atoms with Crippen molar-refractivity contribution in [3.8, 4) is 0 Å². The van der Waals surface area contributed by atoms with E-state index < -0.39 is 9.84 Å². The van der Waals surface area contributed by atoms with Gasteiger partial charge in [0.1, 0.15) is 26.8 Å². The van der Waals surface area contributed by atoms with Gasteiger partial charge in [0.2, 0.25) is 0 Å². The Morgan fingerprint density at radius 3 is 2.86 bits per heavy atom. The molecule has 0 unspecified atom stereocenters. The summed E-state index contributed by atoms with van der Waals surface area (Å²) in [6.45, 7) is 2.48. The van der Waals surface area contributed by atoms with Crippen LogP contribution in [0, 0.1) is 0 Å². The molecule has 3 rings (SSSR count). The van der Waals surface area contributed by atoms with Crippen LogP contribution in [0.3, 0.4) is 0 Å². The Hall–Kier alpha value is -1.25. The maximum atomic E-state index is 11.2. The molecule has 22 heavy (non-hydrogen) atoms. The molecule has 0 radical (unpaired) electrons. The number of nitrogens with zero attached hydrogens (tertiary/aromatic N) is 3. The van der Waals surface area contributed by atoms with Crippen LogP contribution in [0.25, 0.3) is 10.2 Å². The molecule has 2 aromatic heterocycles. The van der Waals surface area contributed by atoms with Gasteiger partial charge in [-0.05, 0) is 24.3 Å². The van der Waals surface area contributed by atoms with E-state index in [-0.39, 0.29) is 5.75 Å². The third-order valence-electron chi connectivity index (χ3n) is 3.97. The smallest absolute Gasteiger partial charge is 0.148 e. The quantitative estimate of drug-likeness (QED) is 0.891. The second kappa shape index (κ2) is 6.47. The van der Waals surface area contributed by atoms with E-state index in [1.165, 1.54) is 6.26 Å². The molecule has 0 amide bonds. The fourth-order valence-electron chi connectivity index (χ4n) is 2.69. The first-order valence-electron chi connectivity index (χ1n) is 7.36. The minimum absolute atomic E-state index is 0.243. The molecule has 0 aliphatic carbocycles. The van der Waals surface area contributed by atoms with Crippen molar-refractivity contribution in [2.24, 2.45) is 0 Å². The topological polar surface area (TPSA) is 75.2 Å². The molecule has 0 atom stereocenters. The zero-order valence-corrected chi connectivity index (χ0v) is 14.2. The van der Waals surface area contributed by atoms with Crippen molar-refractivity contribution in [2.45, 2.75) is 18.9 Å². The molecular formula is C14H20N4O2S2. The lowest BCUT2D eigenvalue weighted by atomic mass is 10.1. The Balaban J connectivity index is 1.55. The Morgan fingerprint density at radius 1 is 1.36 bits per heavy atom. The highest BCUT2D eigenvalue weighted by atomic mass is 32.2. The Morgan fingerprint density at radius 2 is 2.14 bits per heavy atom. The van der Waals surface area contributed by atoms with Crippen molar-refractivity contribution >= 4 is 37.2 Å². The van der Waals surface area contributed by atoms with Gasteiger partial charge in [0.15, 0.2) is 0 Å². The lowest BCUT2D eigenvalue weighted by Crippen LogP contribution is -2.41. The van der Waals surface area contributed by atoms with Crippen molar-refractivity contribution in [1.82, 2.24) is 14.9 Å². The summed E-state index contributed by atoms with van der Waals surface area (Å²) < 4.78 is 22.5. The van der Waals surface area contributed by atoms with Crippen molar-refractivity contribution in [3.05, 3.63) is 17.8 Å². The number of fused-ring (bicyclic) bond motifs is 1. The van der Waals surface area contributed by atoms with Gasteiger partial charge in [-0.2, -0.15) is 0 Å². The number of nitrogens with one attached hydrogen (secondary N) is 1. The number of hydrogen-bond acceptors (Lipinski definition) is 7. The van der Waals surface area contributed by atoms with Crippen LogP contribution in [0.2, 0.25) is 0 Å². The molecule has 1 aliphatic heterocycles. The minimum atomic E-state index is -2.88. The van der Waals surface area contributed by atoms with Crippen LogP contribution in [-0.2, 0) is 9.84 Å². The molecule has 0 bridgehead atoms. The number of hydrogen-bond donors (Lipinski definition) is 1. The molecule has 0 spiro atoms. The molecule has 8 heteroatoms. The second-order valence-corrected chi connectivity index (χ2v) is 8.91. The molecule has 0 saturated carbocycles. The highest BCUT2D eigenvalue weighted by Gasteiger charge is 2.20. The molecule has 0 aromatic carbocycles. The SMILES string of the molecule is CS(=O)(=O)CCN1CCC(Nc2ncnc3sccc23)CC1. The maximum Gasteiger partial charge on any atom is 0.148 e. The summed E-state index contributed by atoms with van der Waals surface area (Å²) >= 11 is 1.62. The summed E-state index contributed by atoms with van der Waals surface area (Å²) in [5.74, 6) is 1.15. The van der Waals surface area contributed by atoms with Crippen LogP contribution in [-0.4, -0.2) is 61.0 Å². The zero-order valence-electron chi connectivity index (χ0n) is 12.5. The van der Waals surface area contributed by atoms with Crippen LogP contribution < -0.4 is 5.32 Å². The fraction of sp³-hybridized carbons (Fsp3) is 0.571. The molecule has 1 fully saturated rings. The highest BCUT2D eigenvalue weighted by Crippen LogP contribution is 2.25. The molecule has 2 aromatic rings. The predicted molar refractivity (Wildman–Crippen MR) is 90.2 cm³/mol. The Labute approximate surface area is 134 Å². The number of likely N-dealkylation sites (tertiary alicyclic amines) is 1. The van der Waals surface area contributed by atoms with E-state index in [9.17, 15) is 8.42 Å². The maximum absolute atomic E-state index is 11.2. The molecule has 3 heterocycles. The zero-order chi connectivity index (χ0) is 15.6. The summed E-state index contributed by atoms with van der Waals surface area (Å²) in [4.78, 5) is 11.8. The van der Waals surface area contributed by atoms with Gasteiger partial charge in [-0.25, -0.2) is 18.4 Å². The monoisotopic (exact) mass is 340 g/mol. The number of rotatable bonds is 5. The summed E-state index contributed by atoms with van der Waals surface area (Å²) in [5.41, 5.74) is 0. The lowest BCUT2D eigenvalue weighted by Gasteiger charge is -2.32. The minimum Gasteiger partial charge on any atom is -0.367 e. The van der Waals surface area contributed by atoms with Gasteiger partial charge in [0, 0.05) is 31.9 Å². The van der Waals surface area contributed by atoms with E-state index in [1.54, 1.807) is 17.7 Å². The van der Waals surface area contributed by atoms with Crippen molar-refractivity contribution in [1.29, 1.82) is 0 Å². The first-order chi connectivity index (χ1) is 10.5. The molecular weight excluding hydrogens is 320 g/mol. The van der Waals surface area contributed by atoms with E-state index in [2.05, 4.69) is 20.2 Å². The van der Waals surface area contributed by atoms with Crippen LogP contribution in [0.15, 0.2) is 17.8 Å². The number of piperidine rings is 1. The average Bonchev–Trinajstić information content (AvgIpc) is 2.95. The van der Waals surface area contributed by atoms with Crippen molar-refractivity contribution < 1.29 is 8.42 Å². The number of anilines is 1. The number of aromatic nitrogens is 2. The molecule has 120 valence electrons. The average molecular weight is 340 g/mol. The third kappa shape index (κ3) is 3.93. The first-order valence-corrected chi connectivity index (χ1v) is 10.3.